The molecule has 7 nitrogen and oxygen atoms in total. The van der Waals surface area contributed by atoms with Gasteiger partial charge in [0.05, 0.1) is 24.9 Å². The highest BCUT2D eigenvalue weighted by molar-refractivity contribution is 6.06. The molecule has 0 saturated carbocycles. The Kier molecular flexibility index (Phi) is 5.58. The van der Waals surface area contributed by atoms with E-state index in [0.29, 0.717) is 34.9 Å². The lowest BCUT2D eigenvalue weighted by atomic mass is 10.0. The van der Waals surface area contributed by atoms with E-state index in [-0.39, 0.29) is 12.5 Å². The van der Waals surface area contributed by atoms with Gasteiger partial charge < -0.3 is 15.0 Å². The van der Waals surface area contributed by atoms with Crippen LogP contribution in [-0.4, -0.2) is 33.2 Å². The first-order valence-electron chi connectivity index (χ1n) is 10.2. The van der Waals surface area contributed by atoms with Gasteiger partial charge in [-0.05, 0) is 42.7 Å². The number of fused-ring (bicyclic) bond motifs is 1. The first-order chi connectivity index (χ1) is 15.0. The summed E-state index contributed by atoms with van der Waals surface area (Å²) in [6, 6.07) is 16.1. The monoisotopic (exact) mass is 416 g/mol. The van der Waals surface area contributed by atoms with Crippen molar-refractivity contribution in [2.24, 2.45) is 0 Å². The van der Waals surface area contributed by atoms with Crippen LogP contribution in [0.15, 0.2) is 54.7 Å². The van der Waals surface area contributed by atoms with Crippen LogP contribution < -0.4 is 5.32 Å². The molecule has 2 aromatic heterocycles. The van der Waals surface area contributed by atoms with Crippen molar-refractivity contribution < 1.29 is 14.3 Å². The van der Waals surface area contributed by atoms with E-state index in [1.54, 1.807) is 37.7 Å². The first kappa shape index (κ1) is 20.4. The average molecular weight is 416 g/mol. The van der Waals surface area contributed by atoms with Gasteiger partial charge in [0.2, 0.25) is 0 Å². The van der Waals surface area contributed by atoms with Crippen LogP contribution in [0.25, 0.3) is 10.8 Å². The molecule has 7 heteroatoms. The highest BCUT2D eigenvalue weighted by Crippen LogP contribution is 2.22. The summed E-state index contributed by atoms with van der Waals surface area (Å²) in [6.45, 7) is 6.03. The molecule has 0 bridgehead atoms. The van der Waals surface area contributed by atoms with E-state index in [9.17, 15) is 9.59 Å². The third-order valence-corrected chi connectivity index (χ3v) is 5.30. The summed E-state index contributed by atoms with van der Waals surface area (Å²) in [5.74, 6) is -0.202. The van der Waals surface area contributed by atoms with Crippen LogP contribution in [0.4, 0.5) is 5.82 Å². The Labute approximate surface area is 180 Å². The summed E-state index contributed by atoms with van der Waals surface area (Å²) in [5, 5.41) is 9.59. The topological polar surface area (TPSA) is 89.0 Å². The van der Waals surface area contributed by atoms with Gasteiger partial charge in [0.1, 0.15) is 11.5 Å². The van der Waals surface area contributed by atoms with E-state index < -0.39 is 5.97 Å². The number of H-pyrrole nitrogens is 1. The lowest BCUT2D eigenvalue weighted by molar-refractivity contribution is 0.0525. The standard InChI is InChI=1S/C24H24N4O3/c1-4-31-24(30)21-15(2)22(26-16(21)3)23(29)27-20-12-13-25-28(20)14-18-10-7-9-17-8-5-6-11-19(17)18/h5-13,26H,4,14H2,1-3H3,(H,27,29). The van der Waals surface area contributed by atoms with E-state index in [1.165, 1.54) is 0 Å². The number of esters is 1. The number of aromatic nitrogens is 3. The normalized spacial score (nSPS) is 10.9. The number of benzene rings is 2. The van der Waals surface area contributed by atoms with Crippen molar-refractivity contribution in [2.75, 3.05) is 11.9 Å². The fraction of sp³-hybridized carbons (Fsp3) is 0.208. The molecule has 0 radical (unpaired) electrons. The number of aromatic amines is 1. The van der Waals surface area contributed by atoms with Gasteiger partial charge in [-0.25, -0.2) is 9.48 Å². The van der Waals surface area contributed by atoms with Gasteiger partial charge in [0.15, 0.2) is 0 Å². The second kappa shape index (κ2) is 8.47. The summed E-state index contributed by atoms with van der Waals surface area (Å²) < 4.78 is 6.85. The zero-order chi connectivity index (χ0) is 22.0. The zero-order valence-electron chi connectivity index (χ0n) is 17.7. The third kappa shape index (κ3) is 3.94. The number of aryl methyl sites for hydroxylation is 1. The second-order valence-electron chi connectivity index (χ2n) is 7.31. The van der Waals surface area contributed by atoms with Crippen LogP contribution in [0.3, 0.4) is 0 Å². The molecule has 0 aliphatic heterocycles. The lowest BCUT2D eigenvalue weighted by Gasteiger charge is -2.11. The van der Waals surface area contributed by atoms with Crippen LogP contribution >= 0.6 is 0 Å². The van der Waals surface area contributed by atoms with Crippen LogP contribution in [0.2, 0.25) is 0 Å². The number of hydrogen-bond acceptors (Lipinski definition) is 4. The number of nitrogens with zero attached hydrogens (tertiary/aromatic N) is 2. The number of anilines is 1. The largest absolute Gasteiger partial charge is 0.462 e. The van der Waals surface area contributed by atoms with Gasteiger partial charge in [0.25, 0.3) is 5.91 Å². The molecular weight excluding hydrogens is 392 g/mol. The Bertz CT molecular complexity index is 1260. The van der Waals surface area contributed by atoms with Crippen molar-refractivity contribution in [1.29, 1.82) is 0 Å². The molecule has 158 valence electrons. The number of amides is 1. The molecule has 4 aromatic rings. The number of rotatable bonds is 6. The number of carbonyl (C=O) groups is 2. The van der Waals surface area contributed by atoms with E-state index >= 15 is 0 Å². The number of carbonyl (C=O) groups excluding carboxylic acids is 2. The number of nitrogens with one attached hydrogen (secondary N) is 2. The van der Waals surface area contributed by atoms with Gasteiger partial charge >= 0.3 is 5.97 Å². The lowest BCUT2D eigenvalue weighted by Crippen LogP contribution is -2.17. The number of hydrogen-bond donors (Lipinski definition) is 2. The predicted molar refractivity (Wildman–Crippen MR) is 119 cm³/mol. The molecule has 1 amide bonds. The summed E-state index contributed by atoms with van der Waals surface area (Å²) in [4.78, 5) is 28.2. The van der Waals surface area contributed by atoms with E-state index in [2.05, 4.69) is 39.7 Å². The Morgan fingerprint density at radius 1 is 1.10 bits per heavy atom. The van der Waals surface area contributed by atoms with Crippen molar-refractivity contribution in [3.63, 3.8) is 0 Å². The van der Waals surface area contributed by atoms with E-state index in [1.807, 2.05) is 18.2 Å². The van der Waals surface area contributed by atoms with Gasteiger partial charge in [0, 0.05) is 11.8 Å². The minimum Gasteiger partial charge on any atom is -0.462 e. The van der Waals surface area contributed by atoms with Crippen LogP contribution in [0, 0.1) is 13.8 Å². The van der Waals surface area contributed by atoms with Crippen molar-refractivity contribution in [3.05, 3.63) is 82.8 Å². The van der Waals surface area contributed by atoms with Crippen molar-refractivity contribution in [3.8, 4) is 0 Å². The van der Waals surface area contributed by atoms with Gasteiger partial charge in [-0.1, -0.05) is 42.5 Å². The van der Waals surface area contributed by atoms with Gasteiger partial charge in [-0.2, -0.15) is 5.10 Å². The molecule has 0 unspecified atom stereocenters. The maximum Gasteiger partial charge on any atom is 0.340 e. The molecule has 0 fully saturated rings. The Morgan fingerprint density at radius 3 is 2.68 bits per heavy atom. The van der Waals surface area contributed by atoms with Crippen molar-refractivity contribution in [2.45, 2.75) is 27.3 Å². The molecule has 2 heterocycles. The molecule has 0 aliphatic carbocycles. The predicted octanol–water partition coefficient (Wildman–Crippen LogP) is 4.46. The first-order valence-corrected chi connectivity index (χ1v) is 10.2. The fourth-order valence-electron chi connectivity index (χ4n) is 3.82. The molecule has 2 aromatic carbocycles. The highest BCUT2D eigenvalue weighted by atomic mass is 16.5. The molecule has 0 spiro atoms. The molecule has 2 N–H and O–H groups in total. The van der Waals surface area contributed by atoms with Gasteiger partial charge in [-0.3, -0.25) is 4.79 Å². The van der Waals surface area contributed by atoms with Gasteiger partial charge in [-0.15, -0.1) is 0 Å². The fourth-order valence-corrected chi connectivity index (χ4v) is 3.82. The molecule has 31 heavy (non-hydrogen) atoms. The van der Waals surface area contributed by atoms with Crippen LogP contribution in [0.1, 0.15) is 44.6 Å². The summed E-state index contributed by atoms with van der Waals surface area (Å²) in [5.41, 5.74) is 3.00. The maximum atomic E-state index is 13.0. The van der Waals surface area contributed by atoms with Crippen LogP contribution in [0.5, 0.6) is 0 Å². The quantitative estimate of drug-likeness (QED) is 0.454. The van der Waals surface area contributed by atoms with Crippen molar-refractivity contribution >= 4 is 28.5 Å². The Balaban J connectivity index is 1.58. The third-order valence-electron chi connectivity index (χ3n) is 5.30. The Hall–Kier alpha value is -3.87. The molecule has 0 atom stereocenters. The zero-order valence-corrected chi connectivity index (χ0v) is 17.7. The van der Waals surface area contributed by atoms with E-state index in [4.69, 9.17) is 4.74 Å². The minimum absolute atomic E-state index is 0.276. The summed E-state index contributed by atoms with van der Waals surface area (Å²) in [7, 11) is 0. The summed E-state index contributed by atoms with van der Waals surface area (Å²) >= 11 is 0. The molecule has 4 rings (SSSR count). The smallest absolute Gasteiger partial charge is 0.340 e. The van der Waals surface area contributed by atoms with Crippen molar-refractivity contribution in [1.82, 2.24) is 14.8 Å². The highest BCUT2D eigenvalue weighted by Gasteiger charge is 2.23. The maximum absolute atomic E-state index is 13.0. The second-order valence-corrected chi connectivity index (χ2v) is 7.31. The van der Waals surface area contributed by atoms with Crippen LogP contribution in [-0.2, 0) is 11.3 Å². The summed E-state index contributed by atoms with van der Waals surface area (Å²) in [6.07, 6.45) is 1.65. The Morgan fingerprint density at radius 2 is 1.87 bits per heavy atom. The number of ether oxygens (including phenoxy) is 1. The minimum atomic E-state index is -0.436. The average Bonchev–Trinajstić information content (AvgIpc) is 3.31. The van der Waals surface area contributed by atoms with E-state index in [0.717, 1.165) is 16.3 Å². The molecule has 0 aliphatic rings. The SMILES string of the molecule is CCOC(=O)c1c(C)[nH]c(C(=O)Nc2ccnn2Cc2cccc3ccccc23)c1C. The molecule has 0 saturated heterocycles. The molecular formula is C24H24N4O3.